The molecule has 0 saturated carbocycles. The lowest BCUT2D eigenvalue weighted by molar-refractivity contribution is 0.0955. The highest BCUT2D eigenvalue weighted by molar-refractivity contribution is 7.89. The van der Waals surface area contributed by atoms with Crippen molar-refractivity contribution in [2.75, 3.05) is 18.8 Å². The number of hydrogen-bond acceptors (Lipinski definition) is 5. The van der Waals surface area contributed by atoms with Gasteiger partial charge in [0.15, 0.2) is 0 Å². The molecule has 5 N–H and O–H groups in total. The van der Waals surface area contributed by atoms with E-state index in [0.29, 0.717) is 11.1 Å². The molecule has 0 fully saturated rings. The van der Waals surface area contributed by atoms with Crippen molar-refractivity contribution in [3.63, 3.8) is 0 Å². The fourth-order valence-corrected chi connectivity index (χ4v) is 1.58. The first-order valence-electron chi connectivity index (χ1n) is 5.35. The Balaban J connectivity index is 2.67. The Kier molecular flexibility index (Phi) is 5.44. The third-order valence-electron chi connectivity index (χ3n) is 2.01. The Morgan fingerprint density at radius 1 is 1.42 bits per heavy atom. The van der Waals surface area contributed by atoms with Gasteiger partial charge in [0.05, 0.1) is 17.9 Å². The minimum absolute atomic E-state index is 0.0592. The van der Waals surface area contributed by atoms with Gasteiger partial charge < -0.3 is 11.1 Å². The van der Waals surface area contributed by atoms with Crippen LogP contribution in [0.2, 0.25) is 0 Å². The molecule has 0 spiro atoms. The summed E-state index contributed by atoms with van der Waals surface area (Å²) in [4.78, 5) is 15.6. The first-order chi connectivity index (χ1) is 8.92. The molecule has 19 heavy (non-hydrogen) atoms. The number of sulfonamides is 1. The zero-order valence-corrected chi connectivity index (χ0v) is 10.9. The molecule has 0 aliphatic heterocycles. The van der Waals surface area contributed by atoms with Crippen molar-refractivity contribution in [1.82, 2.24) is 10.3 Å². The van der Waals surface area contributed by atoms with Crippen LogP contribution >= 0.6 is 0 Å². The van der Waals surface area contributed by atoms with Crippen molar-refractivity contribution >= 4 is 15.9 Å². The Bertz CT molecular complexity index is 616. The molecule has 0 radical (unpaired) electrons. The third-order valence-corrected chi connectivity index (χ3v) is 2.78. The van der Waals surface area contributed by atoms with Gasteiger partial charge in [-0.25, -0.2) is 13.6 Å². The van der Waals surface area contributed by atoms with Crippen molar-refractivity contribution in [3.8, 4) is 11.8 Å². The number of amides is 1. The van der Waals surface area contributed by atoms with Crippen molar-refractivity contribution in [2.24, 2.45) is 10.9 Å². The van der Waals surface area contributed by atoms with Crippen LogP contribution < -0.4 is 16.2 Å². The van der Waals surface area contributed by atoms with Crippen LogP contribution in [0.5, 0.6) is 0 Å². The fraction of sp³-hybridized carbons (Fsp3) is 0.273. The molecule has 7 nitrogen and oxygen atoms in total. The van der Waals surface area contributed by atoms with Crippen LogP contribution in [-0.4, -0.2) is 38.2 Å². The fourth-order valence-electron chi connectivity index (χ4n) is 1.19. The summed E-state index contributed by atoms with van der Waals surface area (Å²) in [6, 6.07) is 1.54. The maximum Gasteiger partial charge on any atom is 0.252 e. The van der Waals surface area contributed by atoms with Crippen LogP contribution in [0, 0.1) is 11.8 Å². The minimum Gasteiger partial charge on any atom is -0.351 e. The molecule has 1 aromatic heterocycles. The van der Waals surface area contributed by atoms with Gasteiger partial charge in [-0.1, -0.05) is 11.8 Å². The average molecular weight is 282 g/mol. The molecule has 0 aliphatic rings. The van der Waals surface area contributed by atoms with Crippen molar-refractivity contribution in [3.05, 3.63) is 29.6 Å². The van der Waals surface area contributed by atoms with E-state index in [0.717, 1.165) is 0 Å². The smallest absolute Gasteiger partial charge is 0.252 e. The quantitative estimate of drug-likeness (QED) is 0.573. The average Bonchev–Trinajstić information content (AvgIpc) is 2.35. The zero-order valence-electron chi connectivity index (χ0n) is 10.1. The van der Waals surface area contributed by atoms with Gasteiger partial charge in [0.2, 0.25) is 10.0 Å². The van der Waals surface area contributed by atoms with E-state index in [1.807, 2.05) is 0 Å². The second-order valence-electron chi connectivity index (χ2n) is 3.59. The first-order valence-corrected chi connectivity index (χ1v) is 7.06. The van der Waals surface area contributed by atoms with Gasteiger partial charge in [0, 0.05) is 24.5 Å². The normalized spacial score (nSPS) is 10.4. The Labute approximate surface area is 111 Å². The molecule has 1 aromatic rings. The maximum absolute atomic E-state index is 11.7. The number of carbonyl (C=O) groups excluding carboxylic acids is 1. The van der Waals surface area contributed by atoms with Gasteiger partial charge in [-0.3, -0.25) is 9.78 Å². The van der Waals surface area contributed by atoms with E-state index in [2.05, 4.69) is 22.1 Å². The molecule has 8 heteroatoms. The SMILES string of the molecule is NCC#Cc1cncc(C(=O)NCCS(N)(=O)=O)c1. The molecule has 0 aliphatic carbocycles. The number of nitrogens with zero attached hydrogens (tertiary/aromatic N) is 1. The molecule has 1 heterocycles. The van der Waals surface area contributed by atoms with Crippen LogP contribution in [0.1, 0.15) is 15.9 Å². The van der Waals surface area contributed by atoms with Crippen LogP contribution in [-0.2, 0) is 10.0 Å². The number of nitrogens with two attached hydrogens (primary N) is 2. The highest BCUT2D eigenvalue weighted by atomic mass is 32.2. The minimum atomic E-state index is -3.59. The standard InChI is InChI=1S/C11H14N4O3S/c12-3-1-2-9-6-10(8-14-7-9)11(16)15-4-5-19(13,17)18/h6-8H,3-5,12H2,(H,15,16)(H2,13,17,18). The number of rotatable bonds is 4. The lowest BCUT2D eigenvalue weighted by atomic mass is 10.2. The second kappa shape index (κ2) is 6.84. The monoisotopic (exact) mass is 282 g/mol. The van der Waals surface area contributed by atoms with Gasteiger partial charge in [-0.2, -0.15) is 0 Å². The number of carbonyl (C=O) groups is 1. The second-order valence-corrected chi connectivity index (χ2v) is 5.33. The summed E-state index contributed by atoms with van der Waals surface area (Å²) in [5.41, 5.74) is 6.09. The molecule has 1 amide bonds. The van der Waals surface area contributed by atoms with E-state index >= 15 is 0 Å². The molecule has 0 bridgehead atoms. The van der Waals surface area contributed by atoms with E-state index < -0.39 is 15.9 Å². The van der Waals surface area contributed by atoms with Crippen molar-refractivity contribution in [1.29, 1.82) is 0 Å². The molecular formula is C11H14N4O3S. The van der Waals surface area contributed by atoms with Gasteiger partial charge in [0.25, 0.3) is 5.91 Å². The summed E-state index contributed by atoms with van der Waals surface area (Å²) in [6.45, 7) is 0.154. The molecule has 102 valence electrons. The molecular weight excluding hydrogens is 268 g/mol. The third kappa shape index (κ3) is 5.96. The molecule has 1 rings (SSSR count). The van der Waals surface area contributed by atoms with Gasteiger partial charge in [-0.15, -0.1) is 0 Å². The maximum atomic E-state index is 11.7. The predicted molar refractivity (Wildman–Crippen MR) is 70.5 cm³/mol. The van der Waals surface area contributed by atoms with E-state index in [4.69, 9.17) is 10.9 Å². The van der Waals surface area contributed by atoms with Crippen LogP contribution in [0.15, 0.2) is 18.5 Å². The predicted octanol–water partition coefficient (Wildman–Crippen LogP) is -1.59. The summed E-state index contributed by atoms with van der Waals surface area (Å²) < 4.78 is 21.4. The van der Waals surface area contributed by atoms with Gasteiger partial charge in [0.1, 0.15) is 0 Å². The molecule has 0 atom stereocenters. The Morgan fingerprint density at radius 2 is 2.16 bits per heavy atom. The van der Waals surface area contributed by atoms with Crippen molar-refractivity contribution < 1.29 is 13.2 Å². The first kappa shape index (κ1) is 15.1. The highest BCUT2D eigenvalue weighted by Gasteiger charge is 2.08. The zero-order chi connectivity index (χ0) is 14.3. The Hall–Kier alpha value is -1.95. The lowest BCUT2D eigenvalue weighted by Gasteiger charge is -2.04. The Morgan fingerprint density at radius 3 is 2.79 bits per heavy atom. The van der Waals surface area contributed by atoms with Crippen LogP contribution in [0.25, 0.3) is 0 Å². The van der Waals surface area contributed by atoms with Gasteiger partial charge in [-0.05, 0) is 6.07 Å². The highest BCUT2D eigenvalue weighted by Crippen LogP contribution is 2.01. The summed E-state index contributed by atoms with van der Waals surface area (Å²) in [6.07, 6.45) is 2.86. The number of hydrogen-bond donors (Lipinski definition) is 3. The molecule has 0 saturated heterocycles. The summed E-state index contributed by atoms with van der Waals surface area (Å²) >= 11 is 0. The van der Waals surface area contributed by atoms with E-state index in [1.165, 1.54) is 12.4 Å². The van der Waals surface area contributed by atoms with E-state index in [1.54, 1.807) is 6.07 Å². The molecule has 0 aromatic carbocycles. The molecule has 0 unspecified atom stereocenters. The largest absolute Gasteiger partial charge is 0.351 e. The number of pyridine rings is 1. The van der Waals surface area contributed by atoms with Crippen molar-refractivity contribution in [2.45, 2.75) is 0 Å². The topological polar surface area (TPSA) is 128 Å². The summed E-state index contributed by atoms with van der Waals surface area (Å²) in [5.74, 6) is 4.63. The van der Waals surface area contributed by atoms with Crippen LogP contribution in [0.3, 0.4) is 0 Å². The summed E-state index contributed by atoms with van der Waals surface area (Å²) in [7, 11) is -3.59. The number of aromatic nitrogens is 1. The number of nitrogens with one attached hydrogen (secondary N) is 1. The lowest BCUT2D eigenvalue weighted by Crippen LogP contribution is -2.31. The number of primary sulfonamides is 1. The van der Waals surface area contributed by atoms with Crippen LogP contribution in [0.4, 0.5) is 0 Å². The van der Waals surface area contributed by atoms with E-state index in [9.17, 15) is 13.2 Å². The summed E-state index contributed by atoms with van der Waals surface area (Å²) in [5, 5.41) is 7.25. The van der Waals surface area contributed by atoms with E-state index in [-0.39, 0.29) is 18.8 Å². The van der Waals surface area contributed by atoms with Gasteiger partial charge >= 0.3 is 0 Å².